The molecule has 1 aromatic heterocycles. The van der Waals surface area contributed by atoms with Gasteiger partial charge < -0.3 is 15.3 Å². The second-order valence-corrected chi connectivity index (χ2v) is 7.00. The van der Waals surface area contributed by atoms with Gasteiger partial charge in [-0.25, -0.2) is 4.98 Å². The Morgan fingerprint density at radius 3 is 2.61 bits per heavy atom. The van der Waals surface area contributed by atoms with E-state index >= 15 is 0 Å². The number of nitrogens with zero attached hydrogens (tertiary/aromatic N) is 2. The minimum Gasteiger partial charge on any atom is -0.395 e. The van der Waals surface area contributed by atoms with Gasteiger partial charge in [0, 0.05) is 43.7 Å². The fraction of sp³-hybridized carbons (Fsp3) is 0.304. The number of benzene rings is 2. The van der Waals surface area contributed by atoms with Crippen molar-refractivity contribution in [1.82, 2.24) is 10.3 Å². The summed E-state index contributed by atoms with van der Waals surface area (Å²) in [6.07, 6.45) is 1.12. The molecule has 0 aliphatic heterocycles. The van der Waals surface area contributed by atoms with Gasteiger partial charge in [-0.3, -0.25) is 4.79 Å². The third-order valence-electron chi connectivity index (χ3n) is 5.07. The highest BCUT2D eigenvalue weighted by Gasteiger charge is 2.10. The zero-order valence-electron chi connectivity index (χ0n) is 16.7. The van der Waals surface area contributed by atoms with Crippen LogP contribution in [0.3, 0.4) is 0 Å². The van der Waals surface area contributed by atoms with Crippen LogP contribution in [0.2, 0.25) is 0 Å². The van der Waals surface area contributed by atoms with Gasteiger partial charge in [0.1, 0.15) is 0 Å². The molecule has 3 rings (SSSR count). The number of aliphatic hydroxyl groups is 1. The maximum absolute atomic E-state index is 11.7. The number of fused-ring (bicyclic) bond motifs is 1. The second-order valence-electron chi connectivity index (χ2n) is 7.00. The molecule has 0 aliphatic rings. The Kier molecular flexibility index (Phi) is 6.26. The number of hydrogen-bond acceptors (Lipinski definition) is 4. The topological polar surface area (TPSA) is 65.5 Å². The van der Waals surface area contributed by atoms with E-state index in [9.17, 15) is 4.79 Å². The molecule has 0 fully saturated rings. The number of anilines is 1. The van der Waals surface area contributed by atoms with E-state index in [-0.39, 0.29) is 12.5 Å². The van der Waals surface area contributed by atoms with Crippen LogP contribution in [-0.4, -0.2) is 43.2 Å². The summed E-state index contributed by atoms with van der Waals surface area (Å²) in [5.74, 6) is 0.0347. The van der Waals surface area contributed by atoms with Crippen LogP contribution >= 0.6 is 0 Å². The van der Waals surface area contributed by atoms with Crippen molar-refractivity contribution >= 4 is 22.5 Å². The van der Waals surface area contributed by atoms with Crippen LogP contribution in [0.25, 0.3) is 22.2 Å². The lowest BCUT2D eigenvalue weighted by molar-refractivity contribution is -0.120. The predicted molar refractivity (Wildman–Crippen MR) is 115 cm³/mol. The smallest absolute Gasteiger partial charge is 0.220 e. The van der Waals surface area contributed by atoms with Crippen LogP contribution in [0.5, 0.6) is 0 Å². The molecule has 3 aromatic rings. The van der Waals surface area contributed by atoms with Crippen LogP contribution in [0.1, 0.15) is 17.5 Å². The molecule has 1 heterocycles. The lowest BCUT2D eigenvalue weighted by Gasteiger charge is -2.18. The number of rotatable bonds is 7. The molecule has 2 N–H and O–H groups in total. The quantitative estimate of drug-likeness (QED) is 0.663. The molecule has 0 saturated heterocycles. The Morgan fingerprint density at radius 1 is 1.18 bits per heavy atom. The van der Waals surface area contributed by atoms with Crippen molar-refractivity contribution in [3.8, 4) is 11.3 Å². The molecule has 1 amide bonds. The van der Waals surface area contributed by atoms with E-state index < -0.39 is 0 Å². The molecule has 28 heavy (non-hydrogen) atoms. The van der Waals surface area contributed by atoms with Gasteiger partial charge in [0.25, 0.3) is 0 Å². The summed E-state index contributed by atoms with van der Waals surface area (Å²) in [6.45, 7) is 2.82. The van der Waals surface area contributed by atoms with E-state index in [1.54, 1.807) is 7.05 Å². The van der Waals surface area contributed by atoms with Gasteiger partial charge in [0.05, 0.1) is 17.8 Å². The normalized spacial score (nSPS) is 10.9. The van der Waals surface area contributed by atoms with Crippen molar-refractivity contribution < 1.29 is 9.90 Å². The number of carbonyl (C=O) groups excluding carboxylic acids is 1. The fourth-order valence-corrected chi connectivity index (χ4v) is 3.37. The molecule has 5 heteroatoms. The van der Waals surface area contributed by atoms with Gasteiger partial charge in [0.15, 0.2) is 0 Å². The van der Waals surface area contributed by atoms with Gasteiger partial charge in [-0.15, -0.1) is 0 Å². The monoisotopic (exact) mass is 377 g/mol. The minimum atomic E-state index is 0.0347. The molecule has 146 valence electrons. The van der Waals surface area contributed by atoms with Gasteiger partial charge in [0.2, 0.25) is 5.91 Å². The van der Waals surface area contributed by atoms with E-state index in [1.165, 1.54) is 5.56 Å². The average molecular weight is 377 g/mol. The summed E-state index contributed by atoms with van der Waals surface area (Å²) in [5, 5.41) is 12.9. The summed E-state index contributed by atoms with van der Waals surface area (Å²) in [5.41, 5.74) is 6.25. The van der Waals surface area contributed by atoms with Gasteiger partial charge in [-0.05, 0) is 42.7 Å². The number of aryl methyl sites for hydroxylation is 2. The highest BCUT2D eigenvalue weighted by molar-refractivity contribution is 5.88. The standard InChI is InChI=1S/C23H27N3O2/c1-16-15-21(17-7-10-19(11-8-17)26(3)13-14-27)25-23-18(5-4-6-20(16)23)9-12-22(28)24-2/h4-8,10-11,15,27H,9,12-14H2,1-3H3,(H,24,28). The number of likely N-dealkylation sites (N-methyl/N-ethyl adjacent to an activating group) is 1. The van der Waals surface area contributed by atoms with Crippen LogP contribution in [-0.2, 0) is 11.2 Å². The molecule has 0 unspecified atom stereocenters. The molecule has 2 aromatic carbocycles. The first-order valence-corrected chi connectivity index (χ1v) is 9.55. The Labute approximate surface area is 166 Å². The number of hydrogen-bond donors (Lipinski definition) is 2. The summed E-state index contributed by atoms with van der Waals surface area (Å²) in [7, 11) is 3.62. The summed E-state index contributed by atoms with van der Waals surface area (Å²) >= 11 is 0. The first kappa shape index (κ1) is 19.8. The molecule has 5 nitrogen and oxygen atoms in total. The Morgan fingerprint density at radius 2 is 1.93 bits per heavy atom. The number of pyridine rings is 1. The summed E-state index contributed by atoms with van der Waals surface area (Å²) in [6, 6.07) is 16.5. The zero-order chi connectivity index (χ0) is 20.1. The number of para-hydroxylation sites is 1. The number of aromatic nitrogens is 1. The molecule has 0 spiro atoms. The molecule has 0 aliphatic carbocycles. The first-order chi connectivity index (χ1) is 13.5. The average Bonchev–Trinajstić information content (AvgIpc) is 2.72. The van der Waals surface area contributed by atoms with Crippen LogP contribution in [0.4, 0.5) is 5.69 Å². The number of amides is 1. The summed E-state index contributed by atoms with van der Waals surface area (Å²) < 4.78 is 0. The second kappa shape index (κ2) is 8.85. The van der Waals surface area contributed by atoms with E-state index in [1.807, 2.05) is 30.1 Å². The number of aliphatic hydroxyl groups excluding tert-OH is 1. The van der Waals surface area contributed by atoms with E-state index in [0.717, 1.165) is 33.4 Å². The predicted octanol–water partition coefficient (Wildman–Crippen LogP) is 3.32. The Hall–Kier alpha value is -2.92. The maximum Gasteiger partial charge on any atom is 0.220 e. The van der Waals surface area contributed by atoms with E-state index in [4.69, 9.17) is 10.1 Å². The molecule has 0 saturated carbocycles. The number of nitrogens with one attached hydrogen (secondary N) is 1. The largest absolute Gasteiger partial charge is 0.395 e. The third kappa shape index (κ3) is 4.31. The van der Waals surface area contributed by atoms with Crippen LogP contribution in [0.15, 0.2) is 48.5 Å². The Bertz CT molecular complexity index is 967. The molecule has 0 radical (unpaired) electrons. The highest BCUT2D eigenvalue weighted by atomic mass is 16.3. The lowest BCUT2D eigenvalue weighted by Crippen LogP contribution is -2.20. The van der Waals surface area contributed by atoms with Crippen LogP contribution < -0.4 is 10.2 Å². The Balaban J connectivity index is 1.97. The molecular formula is C23H27N3O2. The fourth-order valence-electron chi connectivity index (χ4n) is 3.37. The van der Waals surface area contributed by atoms with Crippen molar-refractivity contribution in [1.29, 1.82) is 0 Å². The van der Waals surface area contributed by atoms with Gasteiger partial charge in [-0.2, -0.15) is 0 Å². The van der Waals surface area contributed by atoms with Crippen molar-refractivity contribution in [2.24, 2.45) is 0 Å². The summed E-state index contributed by atoms with van der Waals surface area (Å²) in [4.78, 5) is 18.6. The maximum atomic E-state index is 11.7. The van der Waals surface area contributed by atoms with Crippen molar-refractivity contribution in [2.45, 2.75) is 19.8 Å². The first-order valence-electron chi connectivity index (χ1n) is 9.55. The SMILES string of the molecule is CNC(=O)CCc1cccc2c(C)cc(-c3ccc(N(C)CCO)cc3)nc12. The molecule has 0 atom stereocenters. The van der Waals surface area contributed by atoms with Gasteiger partial charge >= 0.3 is 0 Å². The van der Waals surface area contributed by atoms with E-state index in [2.05, 4.69) is 42.6 Å². The van der Waals surface area contributed by atoms with Crippen molar-refractivity contribution in [3.05, 3.63) is 59.7 Å². The highest BCUT2D eigenvalue weighted by Crippen LogP contribution is 2.28. The van der Waals surface area contributed by atoms with E-state index in [0.29, 0.717) is 19.4 Å². The lowest BCUT2D eigenvalue weighted by atomic mass is 10.00. The molecular weight excluding hydrogens is 350 g/mol. The third-order valence-corrected chi connectivity index (χ3v) is 5.07. The van der Waals surface area contributed by atoms with Crippen LogP contribution in [0, 0.1) is 6.92 Å². The van der Waals surface area contributed by atoms with Crippen molar-refractivity contribution in [2.75, 3.05) is 32.1 Å². The van der Waals surface area contributed by atoms with Crippen molar-refractivity contribution in [3.63, 3.8) is 0 Å². The van der Waals surface area contributed by atoms with Gasteiger partial charge in [-0.1, -0.05) is 30.3 Å². The number of carbonyl (C=O) groups is 1. The minimum absolute atomic E-state index is 0.0347. The molecule has 0 bridgehead atoms. The zero-order valence-corrected chi connectivity index (χ0v) is 16.7.